The molecule has 2 rings (SSSR count). The lowest BCUT2D eigenvalue weighted by Gasteiger charge is -2.09. The average Bonchev–Trinajstić information content (AvgIpc) is 2.43. The smallest absolute Gasteiger partial charge is 0.347 e. The highest BCUT2D eigenvalue weighted by Gasteiger charge is 2.07. The summed E-state index contributed by atoms with van der Waals surface area (Å²) >= 11 is 5.72. The summed E-state index contributed by atoms with van der Waals surface area (Å²) in [6.45, 7) is 0.124. The number of rotatable bonds is 4. The number of nitrogen functional groups attached to an aromatic ring is 1. The van der Waals surface area contributed by atoms with Crippen LogP contribution >= 0.6 is 11.6 Å². The molecule has 0 radical (unpaired) electrons. The molecule has 0 saturated carbocycles. The molecule has 1 aromatic heterocycles. The van der Waals surface area contributed by atoms with Crippen molar-refractivity contribution in [3.63, 3.8) is 0 Å². The highest BCUT2D eigenvalue weighted by molar-refractivity contribution is 6.30. The number of carbonyl (C=O) groups excluding carboxylic acids is 1. The van der Waals surface area contributed by atoms with Gasteiger partial charge in [0.2, 0.25) is 5.91 Å². The third kappa shape index (κ3) is 4.03. The summed E-state index contributed by atoms with van der Waals surface area (Å²) in [6.07, 6.45) is 2.66. The maximum Gasteiger partial charge on any atom is 0.347 e. The zero-order chi connectivity index (χ0) is 15.4. The number of nitrogens with zero attached hydrogens (tertiary/aromatic N) is 2. The summed E-state index contributed by atoms with van der Waals surface area (Å²) in [5, 5.41) is 2.85. The van der Waals surface area contributed by atoms with E-state index in [-0.39, 0.29) is 24.6 Å². The average molecular weight is 311 g/mol. The molecule has 6 nitrogen and oxygen atoms in total. The lowest BCUT2D eigenvalue weighted by molar-refractivity contribution is -0.116. The first-order valence-corrected chi connectivity index (χ1v) is 6.40. The zero-order valence-corrected chi connectivity index (χ0v) is 11.6. The second kappa shape index (κ2) is 6.36. The number of nitrogens with one attached hydrogen (secondary N) is 1. The van der Waals surface area contributed by atoms with Crippen molar-refractivity contribution in [1.29, 1.82) is 0 Å². The van der Waals surface area contributed by atoms with E-state index in [2.05, 4.69) is 10.3 Å². The number of aryl methyl sites for hydroxylation is 1. The fourth-order valence-electron chi connectivity index (χ4n) is 1.67. The first-order chi connectivity index (χ1) is 9.95. The van der Waals surface area contributed by atoms with Crippen LogP contribution < -0.4 is 16.7 Å². The zero-order valence-electron chi connectivity index (χ0n) is 10.8. The Bertz CT molecular complexity index is 732. The fraction of sp³-hybridized carbons (Fsp3) is 0.154. The molecule has 21 heavy (non-hydrogen) atoms. The van der Waals surface area contributed by atoms with Crippen molar-refractivity contribution in [2.24, 2.45) is 0 Å². The second-order valence-electron chi connectivity index (χ2n) is 4.28. The van der Waals surface area contributed by atoms with Crippen LogP contribution in [-0.2, 0) is 11.3 Å². The Morgan fingerprint density at radius 3 is 2.95 bits per heavy atom. The number of nitrogens with two attached hydrogens (primary N) is 1. The molecule has 1 aromatic carbocycles. The molecule has 0 unspecified atom stereocenters. The molecule has 0 saturated heterocycles. The van der Waals surface area contributed by atoms with Gasteiger partial charge in [-0.3, -0.25) is 9.36 Å². The van der Waals surface area contributed by atoms with Crippen LogP contribution in [0.1, 0.15) is 6.42 Å². The number of halogens is 2. The molecule has 1 amide bonds. The van der Waals surface area contributed by atoms with Crippen LogP contribution in [0.15, 0.2) is 35.4 Å². The first kappa shape index (κ1) is 15.0. The van der Waals surface area contributed by atoms with Gasteiger partial charge in [0, 0.05) is 19.2 Å². The maximum atomic E-state index is 12.9. The second-order valence-corrected chi connectivity index (χ2v) is 4.71. The van der Waals surface area contributed by atoms with Gasteiger partial charge in [0.05, 0.1) is 22.6 Å². The highest BCUT2D eigenvalue weighted by atomic mass is 35.5. The normalized spacial score (nSPS) is 10.4. The van der Waals surface area contributed by atoms with Gasteiger partial charge >= 0.3 is 5.69 Å². The minimum absolute atomic E-state index is 0.0265. The Balaban J connectivity index is 1.99. The largest absolute Gasteiger partial charge is 0.397 e. The standard InChI is InChI=1S/C13H12ClFN4O2/c14-8-6-17-13(21)19(7-8)4-3-12(20)18-11-2-1-9(15)5-10(11)16/h1-2,5-7H,3-4,16H2,(H,18,20). The Morgan fingerprint density at radius 1 is 1.48 bits per heavy atom. The molecule has 3 N–H and O–H groups in total. The molecule has 0 fully saturated rings. The Morgan fingerprint density at radius 2 is 2.24 bits per heavy atom. The summed E-state index contributed by atoms with van der Waals surface area (Å²) in [5.74, 6) is -0.845. The molecule has 0 spiro atoms. The SMILES string of the molecule is Nc1cc(F)ccc1NC(=O)CCn1cc(Cl)cnc1=O. The van der Waals surface area contributed by atoms with Gasteiger partial charge in [0.1, 0.15) is 5.82 Å². The van der Waals surface area contributed by atoms with E-state index < -0.39 is 11.5 Å². The molecule has 0 bridgehead atoms. The van der Waals surface area contributed by atoms with E-state index in [0.717, 1.165) is 6.07 Å². The van der Waals surface area contributed by atoms with E-state index in [1.54, 1.807) is 0 Å². The van der Waals surface area contributed by atoms with Crippen molar-refractivity contribution < 1.29 is 9.18 Å². The van der Waals surface area contributed by atoms with Gasteiger partial charge in [-0.15, -0.1) is 0 Å². The van der Waals surface area contributed by atoms with Gasteiger partial charge in [0.15, 0.2) is 0 Å². The van der Waals surface area contributed by atoms with Crippen molar-refractivity contribution in [2.75, 3.05) is 11.1 Å². The van der Waals surface area contributed by atoms with E-state index in [4.69, 9.17) is 17.3 Å². The minimum Gasteiger partial charge on any atom is -0.397 e. The van der Waals surface area contributed by atoms with E-state index >= 15 is 0 Å². The fourth-order valence-corrected chi connectivity index (χ4v) is 1.84. The van der Waals surface area contributed by atoms with Gasteiger partial charge in [-0.2, -0.15) is 0 Å². The number of hydrogen-bond acceptors (Lipinski definition) is 4. The molecule has 0 atom stereocenters. The lowest BCUT2D eigenvalue weighted by atomic mass is 10.2. The molecular weight excluding hydrogens is 299 g/mol. The number of anilines is 2. The third-order valence-corrected chi connectivity index (χ3v) is 2.89. The van der Waals surface area contributed by atoms with Crippen LogP contribution in [0, 0.1) is 5.82 Å². The Kier molecular flexibility index (Phi) is 4.54. The number of aromatic nitrogens is 2. The number of benzene rings is 1. The Labute approximate surface area is 124 Å². The van der Waals surface area contributed by atoms with Crippen LogP contribution in [0.2, 0.25) is 5.02 Å². The highest BCUT2D eigenvalue weighted by Crippen LogP contribution is 2.19. The van der Waals surface area contributed by atoms with Crippen LogP contribution in [-0.4, -0.2) is 15.5 Å². The van der Waals surface area contributed by atoms with Crippen LogP contribution in [0.5, 0.6) is 0 Å². The molecule has 0 aliphatic carbocycles. The van der Waals surface area contributed by atoms with E-state index in [0.29, 0.717) is 10.7 Å². The number of hydrogen-bond donors (Lipinski definition) is 2. The van der Waals surface area contributed by atoms with Gasteiger partial charge in [-0.1, -0.05) is 11.6 Å². The lowest BCUT2D eigenvalue weighted by Crippen LogP contribution is -2.24. The van der Waals surface area contributed by atoms with Crippen LogP contribution in [0.3, 0.4) is 0 Å². The van der Waals surface area contributed by atoms with E-state index in [1.807, 2.05) is 0 Å². The van der Waals surface area contributed by atoms with Gasteiger partial charge < -0.3 is 11.1 Å². The van der Waals surface area contributed by atoms with Crippen molar-refractivity contribution in [3.8, 4) is 0 Å². The molecule has 2 aromatic rings. The van der Waals surface area contributed by atoms with Crippen LogP contribution in [0.4, 0.5) is 15.8 Å². The quantitative estimate of drug-likeness (QED) is 0.840. The predicted molar refractivity (Wildman–Crippen MR) is 77.6 cm³/mol. The number of amides is 1. The van der Waals surface area contributed by atoms with E-state index in [9.17, 15) is 14.0 Å². The van der Waals surface area contributed by atoms with Crippen LogP contribution in [0.25, 0.3) is 0 Å². The van der Waals surface area contributed by atoms with Gasteiger partial charge in [-0.25, -0.2) is 14.2 Å². The summed E-state index contributed by atoms with van der Waals surface area (Å²) in [6, 6.07) is 3.67. The third-order valence-electron chi connectivity index (χ3n) is 2.69. The van der Waals surface area contributed by atoms with Gasteiger partial charge in [0.25, 0.3) is 0 Å². The van der Waals surface area contributed by atoms with Crippen molar-refractivity contribution in [1.82, 2.24) is 9.55 Å². The molecular formula is C13H12ClFN4O2. The molecule has 0 aliphatic rings. The first-order valence-electron chi connectivity index (χ1n) is 6.02. The predicted octanol–water partition coefficient (Wildman–Crippen LogP) is 1.65. The van der Waals surface area contributed by atoms with E-state index in [1.165, 1.54) is 29.1 Å². The Hall–Kier alpha value is -2.41. The van der Waals surface area contributed by atoms with Gasteiger partial charge in [-0.05, 0) is 18.2 Å². The summed E-state index contributed by atoms with van der Waals surface area (Å²) < 4.78 is 14.1. The molecule has 110 valence electrons. The summed E-state index contributed by atoms with van der Waals surface area (Å²) in [5.41, 5.74) is 5.54. The van der Waals surface area contributed by atoms with Crippen molar-refractivity contribution in [2.45, 2.75) is 13.0 Å². The summed E-state index contributed by atoms with van der Waals surface area (Å²) in [4.78, 5) is 26.8. The maximum absolute atomic E-state index is 12.9. The molecule has 1 heterocycles. The topological polar surface area (TPSA) is 90.0 Å². The molecule has 8 heteroatoms. The summed E-state index contributed by atoms with van der Waals surface area (Å²) in [7, 11) is 0. The monoisotopic (exact) mass is 310 g/mol. The number of carbonyl (C=O) groups is 1. The van der Waals surface area contributed by atoms with Crippen molar-refractivity contribution >= 4 is 28.9 Å². The van der Waals surface area contributed by atoms with Crippen molar-refractivity contribution in [3.05, 3.63) is 51.9 Å². The molecule has 0 aliphatic heterocycles. The minimum atomic E-state index is -0.492.